The van der Waals surface area contributed by atoms with E-state index in [-0.39, 0.29) is 17.7 Å². The van der Waals surface area contributed by atoms with Crippen LogP contribution in [-0.4, -0.2) is 40.4 Å². The molecule has 3 aromatic rings. The minimum Gasteiger partial charge on any atom is -0.494 e. The number of carbonyl (C=O) groups excluding carboxylic acids is 2. The van der Waals surface area contributed by atoms with Gasteiger partial charge in [-0.05, 0) is 49.2 Å². The third-order valence-electron chi connectivity index (χ3n) is 4.76. The fraction of sp³-hybridized carbons (Fsp3) is 0.348. The molecule has 7 nitrogen and oxygen atoms in total. The van der Waals surface area contributed by atoms with E-state index in [1.54, 1.807) is 24.3 Å². The van der Waals surface area contributed by atoms with Crippen molar-refractivity contribution in [1.29, 1.82) is 0 Å². The van der Waals surface area contributed by atoms with E-state index < -0.39 is 6.04 Å². The molecule has 0 aliphatic heterocycles. The predicted molar refractivity (Wildman–Crippen MR) is 116 cm³/mol. The van der Waals surface area contributed by atoms with E-state index in [0.29, 0.717) is 30.9 Å². The summed E-state index contributed by atoms with van der Waals surface area (Å²) in [5.41, 5.74) is 2.27. The molecular formula is C23H28N4O3. The molecule has 0 saturated carbocycles. The summed E-state index contributed by atoms with van der Waals surface area (Å²) in [6, 6.07) is 12.1. The smallest absolute Gasteiger partial charge is 0.251 e. The second-order valence-electron chi connectivity index (χ2n) is 7.39. The van der Waals surface area contributed by atoms with E-state index >= 15 is 0 Å². The standard InChI is InChI=1S/C23H28N4O3/c1-4-30-19-10-8-17(9-11-19)22(28)26-21(16(2)3)23(29)24-13-12-18-15-27-14-6-5-7-20(27)25-18/h5-11,14-16,21H,4,12-13H2,1-3H3,(H,24,29)(H,26,28)/t21-/m1/s1. The van der Waals surface area contributed by atoms with Gasteiger partial charge in [0.15, 0.2) is 0 Å². The van der Waals surface area contributed by atoms with Crippen molar-refractivity contribution in [1.82, 2.24) is 20.0 Å². The van der Waals surface area contributed by atoms with Crippen molar-refractivity contribution in [3.05, 3.63) is 66.1 Å². The highest BCUT2D eigenvalue weighted by Gasteiger charge is 2.24. The lowest BCUT2D eigenvalue weighted by Gasteiger charge is -2.21. The van der Waals surface area contributed by atoms with Crippen LogP contribution in [0.2, 0.25) is 0 Å². The summed E-state index contributed by atoms with van der Waals surface area (Å²) < 4.78 is 7.35. The minimum atomic E-state index is -0.620. The molecule has 2 heterocycles. The van der Waals surface area contributed by atoms with Crippen LogP contribution in [0.15, 0.2) is 54.9 Å². The van der Waals surface area contributed by atoms with E-state index in [0.717, 1.165) is 11.3 Å². The lowest BCUT2D eigenvalue weighted by molar-refractivity contribution is -0.123. The first-order valence-electron chi connectivity index (χ1n) is 10.2. The second kappa shape index (κ2) is 9.91. The average Bonchev–Trinajstić information content (AvgIpc) is 3.15. The number of ether oxygens (including phenoxy) is 1. The largest absolute Gasteiger partial charge is 0.494 e. The number of carbonyl (C=O) groups is 2. The maximum atomic E-state index is 12.7. The number of hydrogen-bond donors (Lipinski definition) is 2. The number of benzene rings is 1. The zero-order valence-corrected chi connectivity index (χ0v) is 17.6. The summed E-state index contributed by atoms with van der Waals surface area (Å²) >= 11 is 0. The first-order valence-corrected chi connectivity index (χ1v) is 10.2. The van der Waals surface area contributed by atoms with Crippen molar-refractivity contribution >= 4 is 17.5 Å². The number of rotatable bonds is 9. The summed E-state index contributed by atoms with van der Waals surface area (Å²) in [4.78, 5) is 29.8. The molecule has 0 spiro atoms. The van der Waals surface area contributed by atoms with Gasteiger partial charge in [-0.3, -0.25) is 9.59 Å². The molecule has 2 N–H and O–H groups in total. The van der Waals surface area contributed by atoms with Crippen LogP contribution in [-0.2, 0) is 11.2 Å². The van der Waals surface area contributed by atoms with E-state index in [1.165, 1.54) is 0 Å². The summed E-state index contributed by atoms with van der Waals surface area (Å²) in [5.74, 6) is 0.172. The lowest BCUT2D eigenvalue weighted by atomic mass is 10.0. The van der Waals surface area contributed by atoms with Crippen molar-refractivity contribution in [3.8, 4) is 5.75 Å². The molecule has 0 fully saturated rings. The molecule has 0 aliphatic carbocycles. The molecule has 30 heavy (non-hydrogen) atoms. The van der Waals surface area contributed by atoms with Crippen LogP contribution in [0, 0.1) is 5.92 Å². The summed E-state index contributed by atoms with van der Waals surface area (Å²) in [6.45, 7) is 6.73. The molecule has 7 heteroatoms. The molecular weight excluding hydrogens is 380 g/mol. The van der Waals surface area contributed by atoms with Crippen LogP contribution in [0.1, 0.15) is 36.8 Å². The quantitative estimate of drug-likeness (QED) is 0.570. The normalized spacial score (nSPS) is 12.0. The highest BCUT2D eigenvalue weighted by molar-refractivity contribution is 5.97. The topological polar surface area (TPSA) is 84.7 Å². The fourth-order valence-electron chi connectivity index (χ4n) is 3.16. The van der Waals surface area contributed by atoms with Crippen molar-refractivity contribution in [2.75, 3.05) is 13.2 Å². The minimum absolute atomic E-state index is 0.0492. The van der Waals surface area contributed by atoms with Gasteiger partial charge in [-0.2, -0.15) is 0 Å². The van der Waals surface area contributed by atoms with Gasteiger partial charge in [0.25, 0.3) is 5.91 Å². The maximum absolute atomic E-state index is 12.7. The van der Waals surface area contributed by atoms with Gasteiger partial charge in [-0.25, -0.2) is 4.98 Å². The van der Waals surface area contributed by atoms with Gasteiger partial charge >= 0.3 is 0 Å². The number of hydrogen-bond acceptors (Lipinski definition) is 4. The van der Waals surface area contributed by atoms with Crippen LogP contribution in [0.5, 0.6) is 5.75 Å². The molecule has 1 aromatic carbocycles. The van der Waals surface area contributed by atoms with E-state index in [2.05, 4.69) is 15.6 Å². The van der Waals surface area contributed by atoms with Crippen molar-refractivity contribution < 1.29 is 14.3 Å². The van der Waals surface area contributed by atoms with Gasteiger partial charge in [0.2, 0.25) is 5.91 Å². The third-order valence-corrected chi connectivity index (χ3v) is 4.76. The number of nitrogens with zero attached hydrogens (tertiary/aromatic N) is 2. The molecule has 0 unspecified atom stereocenters. The Balaban J connectivity index is 1.55. The Morgan fingerprint density at radius 3 is 2.57 bits per heavy atom. The number of nitrogens with one attached hydrogen (secondary N) is 2. The van der Waals surface area contributed by atoms with Crippen LogP contribution in [0.25, 0.3) is 5.65 Å². The van der Waals surface area contributed by atoms with Crippen molar-refractivity contribution in [2.24, 2.45) is 5.92 Å². The third kappa shape index (κ3) is 5.37. The lowest BCUT2D eigenvalue weighted by Crippen LogP contribution is -2.50. The molecule has 1 atom stereocenters. The van der Waals surface area contributed by atoms with Crippen LogP contribution in [0.4, 0.5) is 0 Å². The van der Waals surface area contributed by atoms with Crippen molar-refractivity contribution in [2.45, 2.75) is 33.2 Å². The summed E-state index contributed by atoms with van der Waals surface area (Å²) in [5, 5.41) is 5.76. The molecule has 2 aromatic heterocycles. The van der Waals surface area contributed by atoms with Gasteiger partial charge < -0.3 is 19.8 Å². The zero-order chi connectivity index (χ0) is 21.5. The molecule has 0 radical (unpaired) electrons. The molecule has 0 saturated heterocycles. The van der Waals surface area contributed by atoms with Gasteiger partial charge in [0.05, 0.1) is 12.3 Å². The Labute approximate surface area is 176 Å². The fourth-order valence-corrected chi connectivity index (χ4v) is 3.16. The zero-order valence-electron chi connectivity index (χ0n) is 17.6. The Morgan fingerprint density at radius 1 is 1.13 bits per heavy atom. The van der Waals surface area contributed by atoms with E-state index in [9.17, 15) is 9.59 Å². The van der Waals surface area contributed by atoms with Crippen LogP contribution >= 0.6 is 0 Å². The first-order chi connectivity index (χ1) is 14.5. The Bertz CT molecular complexity index is 962. The number of amides is 2. The number of imidazole rings is 1. The molecule has 158 valence electrons. The highest BCUT2D eigenvalue weighted by atomic mass is 16.5. The van der Waals surface area contributed by atoms with Gasteiger partial charge in [-0.15, -0.1) is 0 Å². The van der Waals surface area contributed by atoms with E-state index in [1.807, 2.05) is 55.8 Å². The Kier molecular flexibility index (Phi) is 7.06. The highest BCUT2D eigenvalue weighted by Crippen LogP contribution is 2.13. The Morgan fingerprint density at radius 2 is 1.90 bits per heavy atom. The SMILES string of the molecule is CCOc1ccc(C(=O)N[C@@H](C(=O)NCCc2cn3ccccc3n2)C(C)C)cc1. The molecule has 3 rings (SSSR count). The van der Waals surface area contributed by atoms with Crippen LogP contribution in [0.3, 0.4) is 0 Å². The van der Waals surface area contributed by atoms with Gasteiger partial charge in [0.1, 0.15) is 17.4 Å². The average molecular weight is 409 g/mol. The van der Waals surface area contributed by atoms with Gasteiger partial charge in [0, 0.05) is 30.9 Å². The number of aromatic nitrogens is 2. The molecule has 0 aliphatic rings. The monoisotopic (exact) mass is 408 g/mol. The molecule has 0 bridgehead atoms. The van der Waals surface area contributed by atoms with Gasteiger partial charge in [-0.1, -0.05) is 19.9 Å². The van der Waals surface area contributed by atoms with Crippen LogP contribution < -0.4 is 15.4 Å². The second-order valence-corrected chi connectivity index (χ2v) is 7.39. The molecule has 2 amide bonds. The summed E-state index contributed by atoms with van der Waals surface area (Å²) in [6.07, 6.45) is 4.51. The number of pyridine rings is 1. The first kappa shape index (κ1) is 21.4. The van der Waals surface area contributed by atoms with E-state index in [4.69, 9.17) is 4.74 Å². The summed E-state index contributed by atoms with van der Waals surface area (Å²) in [7, 11) is 0. The number of fused-ring (bicyclic) bond motifs is 1. The maximum Gasteiger partial charge on any atom is 0.251 e. The van der Waals surface area contributed by atoms with Crippen molar-refractivity contribution in [3.63, 3.8) is 0 Å². The predicted octanol–water partition coefficient (Wildman–Crippen LogP) is 2.85. The Hall–Kier alpha value is -3.35.